The SMILES string of the molecule is C[C@@H]1[C@H](NC(=O)c2cc(C3CC3)n(C)n2)CCCN1c1cnc(C(N)=O)c(Nc2cnn(C)c2)n1. The minimum atomic E-state index is -0.673. The molecule has 0 aromatic carbocycles. The minimum Gasteiger partial charge on any atom is -0.364 e. The van der Waals surface area contributed by atoms with Crippen molar-refractivity contribution in [2.24, 2.45) is 19.8 Å². The van der Waals surface area contributed by atoms with Crippen molar-refractivity contribution in [3.8, 4) is 0 Å². The monoisotopic (exact) mass is 478 g/mol. The summed E-state index contributed by atoms with van der Waals surface area (Å²) in [6.07, 6.45) is 8.97. The zero-order chi connectivity index (χ0) is 24.7. The van der Waals surface area contributed by atoms with Crippen LogP contribution in [0.15, 0.2) is 24.7 Å². The van der Waals surface area contributed by atoms with Gasteiger partial charge in [-0.3, -0.25) is 19.0 Å². The Morgan fingerprint density at radius 1 is 1.17 bits per heavy atom. The number of aryl methyl sites for hydroxylation is 2. The van der Waals surface area contributed by atoms with Crippen LogP contribution in [-0.4, -0.2) is 60.0 Å². The van der Waals surface area contributed by atoms with Gasteiger partial charge in [0.25, 0.3) is 11.8 Å². The predicted molar refractivity (Wildman–Crippen MR) is 130 cm³/mol. The number of carbonyl (C=O) groups excluding carboxylic acids is 2. The highest BCUT2D eigenvalue weighted by atomic mass is 16.2. The van der Waals surface area contributed by atoms with Crippen molar-refractivity contribution in [2.75, 3.05) is 16.8 Å². The number of piperidine rings is 1. The number of hydrogen-bond acceptors (Lipinski definition) is 8. The Balaban J connectivity index is 1.34. The van der Waals surface area contributed by atoms with Crippen molar-refractivity contribution in [3.05, 3.63) is 41.7 Å². The number of anilines is 3. The molecule has 3 aromatic rings. The lowest BCUT2D eigenvalue weighted by Crippen LogP contribution is -2.54. The largest absolute Gasteiger partial charge is 0.364 e. The summed E-state index contributed by atoms with van der Waals surface area (Å²) >= 11 is 0. The quantitative estimate of drug-likeness (QED) is 0.462. The molecule has 2 amide bonds. The number of nitrogens with one attached hydrogen (secondary N) is 2. The van der Waals surface area contributed by atoms with Crippen molar-refractivity contribution in [2.45, 2.75) is 50.6 Å². The second-order valence-corrected chi connectivity index (χ2v) is 9.33. The van der Waals surface area contributed by atoms with Gasteiger partial charge in [0.15, 0.2) is 11.5 Å². The molecule has 0 spiro atoms. The van der Waals surface area contributed by atoms with Gasteiger partial charge in [0.1, 0.15) is 11.5 Å². The number of rotatable bonds is 7. The molecule has 1 saturated heterocycles. The fraction of sp³-hybridized carbons (Fsp3) is 0.478. The van der Waals surface area contributed by atoms with E-state index in [-0.39, 0.29) is 29.5 Å². The molecule has 0 unspecified atom stereocenters. The summed E-state index contributed by atoms with van der Waals surface area (Å²) in [6, 6.07) is 1.78. The van der Waals surface area contributed by atoms with Crippen LogP contribution in [0.1, 0.15) is 65.2 Å². The molecule has 2 atom stereocenters. The van der Waals surface area contributed by atoms with Gasteiger partial charge in [-0.15, -0.1) is 0 Å². The third-order valence-electron chi connectivity index (χ3n) is 6.70. The lowest BCUT2D eigenvalue weighted by Gasteiger charge is -2.40. The van der Waals surface area contributed by atoms with E-state index in [1.54, 1.807) is 30.3 Å². The van der Waals surface area contributed by atoms with E-state index in [0.29, 0.717) is 23.1 Å². The summed E-state index contributed by atoms with van der Waals surface area (Å²) in [7, 11) is 3.69. The zero-order valence-corrected chi connectivity index (χ0v) is 20.1. The van der Waals surface area contributed by atoms with Gasteiger partial charge in [-0.05, 0) is 38.7 Å². The van der Waals surface area contributed by atoms with Crippen molar-refractivity contribution in [1.29, 1.82) is 0 Å². The van der Waals surface area contributed by atoms with E-state index in [0.717, 1.165) is 37.9 Å². The molecule has 0 bridgehead atoms. The molecule has 1 aliphatic heterocycles. The molecule has 2 aliphatic rings. The van der Waals surface area contributed by atoms with Crippen LogP contribution < -0.4 is 21.3 Å². The van der Waals surface area contributed by atoms with Gasteiger partial charge >= 0.3 is 0 Å². The molecule has 1 aliphatic carbocycles. The van der Waals surface area contributed by atoms with Gasteiger partial charge in [0, 0.05) is 50.5 Å². The van der Waals surface area contributed by atoms with Gasteiger partial charge in [-0.2, -0.15) is 10.2 Å². The molecule has 2 fully saturated rings. The maximum atomic E-state index is 13.0. The average molecular weight is 479 g/mol. The van der Waals surface area contributed by atoms with Crippen LogP contribution in [0.4, 0.5) is 17.3 Å². The molecule has 4 N–H and O–H groups in total. The summed E-state index contributed by atoms with van der Waals surface area (Å²) in [6.45, 7) is 2.80. The highest BCUT2D eigenvalue weighted by molar-refractivity contribution is 5.96. The van der Waals surface area contributed by atoms with Crippen LogP contribution in [-0.2, 0) is 14.1 Å². The van der Waals surface area contributed by atoms with Crippen LogP contribution in [0, 0.1) is 0 Å². The Bertz CT molecular complexity index is 1260. The summed E-state index contributed by atoms with van der Waals surface area (Å²) in [5.74, 6) is 0.548. The van der Waals surface area contributed by atoms with E-state index < -0.39 is 5.91 Å². The second-order valence-electron chi connectivity index (χ2n) is 9.33. The number of nitrogens with two attached hydrogens (primary N) is 1. The summed E-state index contributed by atoms with van der Waals surface area (Å²) in [5, 5.41) is 14.8. The third kappa shape index (κ3) is 4.68. The molecule has 12 heteroatoms. The summed E-state index contributed by atoms with van der Waals surface area (Å²) in [5.41, 5.74) is 7.81. The van der Waals surface area contributed by atoms with Crippen LogP contribution >= 0.6 is 0 Å². The molecule has 184 valence electrons. The fourth-order valence-corrected chi connectivity index (χ4v) is 4.66. The number of carbonyl (C=O) groups is 2. The highest BCUT2D eigenvalue weighted by Crippen LogP contribution is 2.40. The van der Waals surface area contributed by atoms with E-state index in [2.05, 4.69) is 42.6 Å². The van der Waals surface area contributed by atoms with Gasteiger partial charge < -0.3 is 21.3 Å². The molecule has 0 radical (unpaired) electrons. The van der Waals surface area contributed by atoms with Gasteiger partial charge in [-0.25, -0.2) is 9.97 Å². The molecule has 1 saturated carbocycles. The average Bonchev–Trinajstić information content (AvgIpc) is 3.47. The standard InChI is InChI=1S/C23H30N10O2/c1-13-16(28-23(35)17-9-18(14-6-7-14)32(3)30-17)5-4-8-33(13)19-11-25-20(21(24)34)22(29-19)27-15-10-26-31(2)12-15/h9-14,16H,4-8H2,1-3H3,(H2,24,34)(H,27,29)(H,28,35)/t13-,16-/m1/s1. The van der Waals surface area contributed by atoms with E-state index in [1.807, 2.05) is 17.8 Å². The fourth-order valence-electron chi connectivity index (χ4n) is 4.66. The Labute approximate surface area is 202 Å². The molecule has 5 rings (SSSR count). The van der Waals surface area contributed by atoms with Crippen molar-refractivity contribution >= 4 is 29.1 Å². The smallest absolute Gasteiger partial charge is 0.272 e. The lowest BCUT2D eigenvalue weighted by molar-refractivity contribution is 0.0917. The molecule has 35 heavy (non-hydrogen) atoms. The number of primary amides is 1. The molecule has 12 nitrogen and oxygen atoms in total. The number of amides is 2. The first kappa shape index (κ1) is 22.8. The minimum absolute atomic E-state index is 0.0423. The van der Waals surface area contributed by atoms with Crippen molar-refractivity contribution in [1.82, 2.24) is 34.8 Å². The second kappa shape index (κ2) is 9.01. The molecular weight excluding hydrogens is 448 g/mol. The van der Waals surface area contributed by atoms with Gasteiger partial charge in [0.2, 0.25) is 0 Å². The first-order valence-corrected chi connectivity index (χ1v) is 11.8. The summed E-state index contributed by atoms with van der Waals surface area (Å²) < 4.78 is 3.45. The van der Waals surface area contributed by atoms with Crippen LogP contribution in [0.25, 0.3) is 0 Å². The van der Waals surface area contributed by atoms with E-state index in [1.165, 1.54) is 0 Å². The first-order valence-electron chi connectivity index (χ1n) is 11.8. The van der Waals surface area contributed by atoms with Crippen molar-refractivity contribution < 1.29 is 9.59 Å². The van der Waals surface area contributed by atoms with Crippen LogP contribution in [0.3, 0.4) is 0 Å². The Morgan fingerprint density at radius 3 is 2.66 bits per heavy atom. The number of hydrogen-bond donors (Lipinski definition) is 3. The lowest BCUT2D eigenvalue weighted by atomic mass is 9.97. The van der Waals surface area contributed by atoms with Gasteiger partial charge in [0.05, 0.1) is 18.1 Å². The molecular formula is C23H30N10O2. The van der Waals surface area contributed by atoms with E-state index in [9.17, 15) is 9.59 Å². The van der Waals surface area contributed by atoms with Crippen LogP contribution in [0.5, 0.6) is 0 Å². The Hall–Kier alpha value is -3.96. The van der Waals surface area contributed by atoms with Crippen molar-refractivity contribution in [3.63, 3.8) is 0 Å². The first-order chi connectivity index (χ1) is 16.8. The Morgan fingerprint density at radius 2 is 1.97 bits per heavy atom. The van der Waals surface area contributed by atoms with Crippen LogP contribution in [0.2, 0.25) is 0 Å². The van der Waals surface area contributed by atoms with E-state index >= 15 is 0 Å². The Kier molecular flexibility index (Phi) is 5.87. The normalized spacial score (nSPS) is 20.0. The maximum absolute atomic E-state index is 13.0. The molecule has 4 heterocycles. The zero-order valence-electron chi connectivity index (χ0n) is 20.1. The summed E-state index contributed by atoms with van der Waals surface area (Å²) in [4.78, 5) is 36.0. The number of nitrogens with zero attached hydrogens (tertiary/aromatic N) is 7. The highest BCUT2D eigenvalue weighted by Gasteiger charge is 2.33. The van der Waals surface area contributed by atoms with Gasteiger partial charge in [-0.1, -0.05) is 0 Å². The predicted octanol–water partition coefficient (Wildman–Crippen LogP) is 1.45. The molecule has 3 aromatic heterocycles. The topological polar surface area (TPSA) is 149 Å². The van der Waals surface area contributed by atoms with E-state index in [4.69, 9.17) is 5.73 Å². The maximum Gasteiger partial charge on any atom is 0.272 e. The number of aromatic nitrogens is 6. The third-order valence-corrected chi connectivity index (χ3v) is 6.70.